The summed E-state index contributed by atoms with van der Waals surface area (Å²) in [5.41, 5.74) is 6.29. The molecular weight excluding hydrogens is 282 g/mol. The molecule has 1 aromatic heterocycles. The monoisotopic (exact) mass is 303 g/mol. The predicted molar refractivity (Wildman–Crippen MR) is 80.9 cm³/mol. The molecule has 1 saturated carbocycles. The fourth-order valence-electron chi connectivity index (χ4n) is 2.42. The molecule has 6 heteroatoms. The number of nitrogens with zero attached hydrogens (tertiary/aromatic N) is 1. The molecule has 0 saturated heterocycles. The van der Waals surface area contributed by atoms with Crippen LogP contribution in [0.25, 0.3) is 0 Å². The second-order valence-corrected chi connectivity index (χ2v) is 6.96. The van der Waals surface area contributed by atoms with Crippen molar-refractivity contribution in [1.82, 2.24) is 10.3 Å². The third-order valence-corrected chi connectivity index (χ3v) is 5.35. The highest BCUT2D eigenvalue weighted by Crippen LogP contribution is 2.62. The maximum Gasteiger partial charge on any atom is 0.271 e. The number of aromatic nitrogens is 1. The fraction of sp³-hybridized carbons (Fsp3) is 0.692. The van der Waals surface area contributed by atoms with E-state index in [4.69, 9.17) is 5.73 Å². The van der Waals surface area contributed by atoms with Crippen molar-refractivity contribution in [1.29, 1.82) is 0 Å². The van der Waals surface area contributed by atoms with Gasteiger partial charge in [-0.25, -0.2) is 4.98 Å². The molecule has 1 fully saturated rings. The number of carbonyl (C=O) groups is 1. The van der Waals surface area contributed by atoms with Crippen LogP contribution < -0.4 is 11.1 Å². The minimum Gasteiger partial charge on any atom is -0.347 e. The molecule has 0 unspecified atom stereocenters. The number of thiazole rings is 1. The van der Waals surface area contributed by atoms with Gasteiger partial charge in [0.1, 0.15) is 5.69 Å². The molecule has 0 atom stereocenters. The van der Waals surface area contributed by atoms with Gasteiger partial charge in [0.25, 0.3) is 5.91 Å². The Hall–Kier alpha value is -0.650. The lowest BCUT2D eigenvalue weighted by molar-refractivity contribution is 0.0939. The van der Waals surface area contributed by atoms with E-state index < -0.39 is 0 Å². The van der Waals surface area contributed by atoms with Gasteiger partial charge < -0.3 is 11.1 Å². The Bertz CT molecular complexity index is 456. The van der Waals surface area contributed by atoms with Crippen molar-refractivity contribution in [2.45, 2.75) is 40.2 Å². The molecule has 1 aliphatic carbocycles. The van der Waals surface area contributed by atoms with Crippen LogP contribution in [0.15, 0.2) is 5.38 Å². The van der Waals surface area contributed by atoms with E-state index in [0.29, 0.717) is 12.2 Å². The Kier molecular flexibility index (Phi) is 4.65. The smallest absolute Gasteiger partial charge is 0.271 e. The van der Waals surface area contributed by atoms with Gasteiger partial charge in [0.05, 0.1) is 5.01 Å². The van der Waals surface area contributed by atoms with Crippen LogP contribution in [-0.2, 0) is 6.42 Å². The fourth-order valence-corrected chi connectivity index (χ4v) is 3.21. The number of nitrogens with two attached hydrogens (primary N) is 1. The van der Waals surface area contributed by atoms with Crippen molar-refractivity contribution in [3.63, 3.8) is 0 Å². The maximum absolute atomic E-state index is 12.1. The molecule has 3 N–H and O–H groups in total. The highest BCUT2D eigenvalue weighted by molar-refractivity contribution is 7.09. The van der Waals surface area contributed by atoms with Crippen LogP contribution in [-0.4, -0.2) is 23.5 Å². The van der Waals surface area contributed by atoms with E-state index in [1.165, 1.54) is 11.3 Å². The van der Waals surface area contributed by atoms with Crippen molar-refractivity contribution in [3.8, 4) is 0 Å². The van der Waals surface area contributed by atoms with Crippen LogP contribution in [0, 0.1) is 10.8 Å². The van der Waals surface area contributed by atoms with Crippen LogP contribution in [0.5, 0.6) is 0 Å². The lowest BCUT2D eigenvalue weighted by atomic mass is 10.0. The standard InChI is InChI=1S/C13H21N3OS.ClH/c1-12(2)11(13(12,3)4)16-10(17)8-7-18-9(15-8)5-6-14;/h7,11H,5-6,14H2,1-4H3,(H,16,17);1H. The number of carbonyl (C=O) groups excluding carboxylic acids is 1. The van der Waals surface area contributed by atoms with E-state index in [1.807, 2.05) is 5.38 Å². The van der Waals surface area contributed by atoms with E-state index in [0.717, 1.165) is 11.4 Å². The average molecular weight is 304 g/mol. The minimum atomic E-state index is -0.0711. The molecule has 0 bridgehead atoms. The number of hydrogen-bond donors (Lipinski definition) is 2. The van der Waals surface area contributed by atoms with Crippen molar-refractivity contribution in [2.24, 2.45) is 16.6 Å². The Morgan fingerprint density at radius 1 is 1.42 bits per heavy atom. The summed E-state index contributed by atoms with van der Waals surface area (Å²) in [4.78, 5) is 16.4. The third-order valence-electron chi connectivity index (χ3n) is 4.44. The van der Waals surface area contributed by atoms with Gasteiger partial charge in [-0.3, -0.25) is 4.79 Å². The molecule has 1 aromatic rings. The normalized spacial score (nSPS) is 19.6. The highest BCUT2D eigenvalue weighted by atomic mass is 35.5. The molecule has 1 aliphatic rings. The van der Waals surface area contributed by atoms with Crippen molar-refractivity contribution >= 4 is 29.7 Å². The first-order valence-corrected chi connectivity index (χ1v) is 7.14. The summed E-state index contributed by atoms with van der Waals surface area (Å²) >= 11 is 1.50. The van der Waals surface area contributed by atoms with Gasteiger partial charge in [0, 0.05) is 17.8 Å². The summed E-state index contributed by atoms with van der Waals surface area (Å²) in [6.45, 7) is 9.28. The largest absolute Gasteiger partial charge is 0.347 e. The van der Waals surface area contributed by atoms with Crippen molar-refractivity contribution < 1.29 is 4.79 Å². The van der Waals surface area contributed by atoms with Gasteiger partial charge in [-0.1, -0.05) is 27.7 Å². The lowest BCUT2D eigenvalue weighted by Gasteiger charge is -2.04. The number of nitrogens with one attached hydrogen (secondary N) is 1. The number of amides is 1. The molecule has 2 rings (SSSR count). The van der Waals surface area contributed by atoms with Crippen LogP contribution >= 0.6 is 23.7 Å². The van der Waals surface area contributed by atoms with Crippen LogP contribution in [0.4, 0.5) is 0 Å². The molecule has 0 aromatic carbocycles. The van der Waals surface area contributed by atoms with Gasteiger partial charge in [-0.2, -0.15) is 0 Å². The lowest BCUT2D eigenvalue weighted by Crippen LogP contribution is -2.30. The zero-order chi connectivity index (χ0) is 13.6. The van der Waals surface area contributed by atoms with Gasteiger partial charge in [-0.05, 0) is 17.4 Å². The summed E-state index contributed by atoms with van der Waals surface area (Å²) in [7, 11) is 0. The van der Waals surface area contributed by atoms with E-state index in [-0.39, 0.29) is 35.2 Å². The van der Waals surface area contributed by atoms with Crippen molar-refractivity contribution in [2.75, 3.05) is 6.54 Å². The molecule has 108 valence electrons. The number of rotatable bonds is 4. The van der Waals surface area contributed by atoms with Crippen molar-refractivity contribution in [3.05, 3.63) is 16.1 Å². The van der Waals surface area contributed by atoms with Crippen LogP contribution in [0.2, 0.25) is 0 Å². The zero-order valence-electron chi connectivity index (χ0n) is 11.8. The van der Waals surface area contributed by atoms with E-state index in [1.54, 1.807) is 0 Å². The molecule has 0 spiro atoms. The van der Waals surface area contributed by atoms with E-state index in [2.05, 4.69) is 38.0 Å². The van der Waals surface area contributed by atoms with Gasteiger partial charge in [0.15, 0.2) is 0 Å². The highest BCUT2D eigenvalue weighted by Gasteiger charge is 2.65. The quantitative estimate of drug-likeness (QED) is 0.896. The maximum atomic E-state index is 12.1. The summed E-state index contributed by atoms with van der Waals surface area (Å²) < 4.78 is 0. The SMILES string of the molecule is CC1(C)C(NC(=O)c2csc(CCN)n2)C1(C)C.Cl. The minimum absolute atomic E-state index is 0. The van der Waals surface area contributed by atoms with Gasteiger partial charge in [0.2, 0.25) is 0 Å². The number of hydrogen-bond acceptors (Lipinski definition) is 4. The summed E-state index contributed by atoms with van der Waals surface area (Å²) in [5.74, 6) is -0.0711. The van der Waals surface area contributed by atoms with E-state index >= 15 is 0 Å². The Morgan fingerprint density at radius 2 is 2.00 bits per heavy atom. The molecule has 0 radical (unpaired) electrons. The average Bonchev–Trinajstić information content (AvgIpc) is 2.69. The molecule has 1 heterocycles. The summed E-state index contributed by atoms with van der Waals surface area (Å²) in [6, 6.07) is 0.220. The zero-order valence-corrected chi connectivity index (χ0v) is 13.5. The first kappa shape index (κ1) is 16.4. The topological polar surface area (TPSA) is 68.0 Å². The van der Waals surface area contributed by atoms with Gasteiger partial charge >= 0.3 is 0 Å². The molecular formula is C13H22ClN3OS. The molecule has 19 heavy (non-hydrogen) atoms. The predicted octanol–water partition coefficient (Wildman–Crippen LogP) is 2.23. The molecule has 4 nitrogen and oxygen atoms in total. The Morgan fingerprint density at radius 3 is 2.47 bits per heavy atom. The second-order valence-electron chi connectivity index (χ2n) is 6.02. The Balaban J connectivity index is 0.00000180. The van der Waals surface area contributed by atoms with Gasteiger partial charge in [-0.15, -0.1) is 23.7 Å². The molecule has 0 aliphatic heterocycles. The van der Waals surface area contributed by atoms with Crippen LogP contribution in [0.3, 0.4) is 0 Å². The number of halogens is 1. The van der Waals surface area contributed by atoms with E-state index in [9.17, 15) is 4.79 Å². The van der Waals surface area contributed by atoms with Crippen LogP contribution in [0.1, 0.15) is 43.2 Å². The Labute approximate surface area is 124 Å². The third kappa shape index (κ3) is 2.78. The summed E-state index contributed by atoms with van der Waals surface area (Å²) in [6.07, 6.45) is 0.734. The summed E-state index contributed by atoms with van der Waals surface area (Å²) in [5, 5.41) is 5.82. The second kappa shape index (κ2) is 5.38. The first-order valence-electron chi connectivity index (χ1n) is 6.26. The first-order chi connectivity index (χ1) is 8.30. The molecule has 1 amide bonds.